The topological polar surface area (TPSA) is 20.2 Å². The van der Waals surface area contributed by atoms with Crippen molar-refractivity contribution in [3.63, 3.8) is 0 Å². The van der Waals surface area contributed by atoms with Gasteiger partial charge in [0, 0.05) is 0 Å². The maximum absolute atomic E-state index is 10.6. The van der Waals surface area contributed by atoms with Gasteiger partial charge in [0.05, 0.1) is 5.60 Å². The predicted octanol–water partition coefficient (Wildman–Crippen LogP) is 4.21. The van der Waals surface area contributed by atoms with Crippen LogP contribution in [-0.2, 0) is 0 Å². The zero-order valence-electron chi connectivity index (χ0n) is 10.4. The molecule has 0 fully saturated rings. The summed E-state index contributed by atoms with van der Waals surface area (Å²) in [5.41, 5.74) is 0.832. The molecule has 88 valence electrons. The molecular weight excluding hydrogens is 184 g/mol. The van der Waals surface area contributed by atoms with E-state index < -0.39 is 5.60 Å². The summed E-state index contributed by atoms with van der Waals surface area (Å²) in [6.07, 6.45) is 12.7. The average molecular weight is 210 g/mol. The van der Waals surface area contributed by atoms with E-state index in [1.54, 1.807) is 0 Å². The Labute approximate surface area is 94.6 Å². The van der Waals surface area contributed by atoms with Gasteiger partial charge in [-0.1, -0.05) is 39.2 Å². The molecule has 1 rings (SSSR count). The molecule has 0 amide bonds. The smallest absolute Gasteiger partial charge is 0.0854 e. The highest BCUT2D eigenvalue weighted by Gasteiger charge is 2.27. The van der Waals surface area contributed by atoms with Gasteiger partial charge in [-0.2, -0.15) is 0 Å². The molecule has 1 aliphatic carbocycles. The van der Waals surface area contributed by atoms with E-state index in [-0.39, 0.29) is 0 Å². The fourth-order valence-corrected chi connectivity index (χ4v) is 2.59. The van der Waals surface area contributed by atoms with Crippen LogP contribution in [0.15, 0.2) is 11.6 Å². The van der Waals surface area contributed by atoms with Gasteiger partial charge in [-0.15, -0.1) is 0 Å². The van der Waals surface area contributed by atoms with E-state index in [2.05, 4.69) is 19.9 Å². The van der Waals surface area contributed by atoms with E-state index >= 15 is 0 Å². The minimum atomic E-state index is -0.494. The molecule has 0 aromatic heterocycles. The first-order valence-electron chi connectivity index (χ1n) is 6.65. The monoisotopic (exact) mass is 210 g/mol. The molecule has 0 aliphatic heterocycles. The third-order valence-electron chi connectivity index (χ3n) is 3.64. The summed E-state index contributed by atoms with van der Waals surface area (Å²) in [6.45, 7) is 4.26. The second kappa shape index (κ2) is 6.32. The van der Waals surface area contributed by atoms with Gasteiger partial charge >= 0.3 is 0 Å². The van der Waals surface area contributed by atoms with Crippen molar-refractivity contribution in [3.05, 3.63) is 11.6 Å². The van der Waals surface area contributed by atoms with Gasteiger partial charge in [-0.25, -0.2) is 0 Å². The van der Waals surface area contributed by atoms with Crippen molar-refractivity contribution < 1.29 is 5.11 Å². The van der Waals surface area contributed by atoms with Crippen molar-refractivity contribution in [2.75, 3.05) is 0 Å². The Balaban J connectivity index is 2.70. The molecule has 1 heteroatoms. The van der Waals surface area contributed by atoms with E-state index in [0.717, 1.165) is 25.7 Å². The molecule has 0 saturated carbocycles. The number of rotatable bonds is 4. The summed E-state index contributed by atoms with van der Waals surface area (Å²) in [4.78, 5) is 0. The van der Waals surface area contributed by atoms with Crippen LogP contribution >= 0.6 is 0 Å². The molecule has 1 N–H and O–H groups in total. The highest BCUT2D eigenvalue weighted by Crippen LogP contribution is 2.32. The lowest BCUT2D eigenvalue weighted by atomic mass is 9.82. The zero-order chi connectivity index (χ0) is 11.1. The van der Waals surface area contributed by atoms with Crippen LogP contribution < -0.4 is 0 Å². The minimum absolute atomic E-state index is 0.494. The standard InChI is InChI=1S/C14H26O/c1-3-12-14(15,4-2)13-10-8-6-5-7-9-11-13/h10,15H,3-9,11-12H2,1-2H3. The quantitative estimate of drug-likeness (QED) is 0.689. The zero-order valence-corrected chi connectivity index (χ0v) is 10.4. The maximum atomic E-state index is 10.6. The van der Waals surface area contributed by atoms with Gasteiger partial charge in [-0.05, 0) is 44.1 Å². The molecule has 1 atom stereocenters. The summed E-state index contributed by atoms with van der Waals surface area (Å²) < 4.78 is 0. The SMILES string of the molecule is CCCC(O)(CC)C1=CCCCCCC1. The van der Waals surface area contributed by atoms with Crippen LogP contribution in [0.2, 0.25) is 0 Å². The van der Waals surface area contributed by atoms with Gasteiger partial charge in [0.15, 0.2) is 0 Å². The van der Waals surface area contributed by atoms with Crippen LogP contribution in [0.4, 0.5) is 0 Å². The molecule has 0 radical (unpaired) electrons. The fourth-order valence-electron chi connectivity index (χ4n) is 2.59. The average Bonchev–Trinajstić information content (AvgIpc) is 2.17. The number of aliphatic hydroxyl groups is 1. The van der Waals surface area contributed by atoms with E-state index in [1.165, 1.54) is 37.7 Å². The van der Waals surface area contributed by atoms with Crippen LogP contribution in [0.3, 0.4) is 0 Å². The van der Waals surface area contributed by atoms with E-state index in [0.29, 0.717) is 0 Å². The lowest BCUT2D eigenvalue weighted by Gasteiger charge is -2.31. The lowest BCUT2D eigenvalue weighted by molar-refractivity contribution is 0.0596. The van der Waals surface area contributed by atoms with Crippen LogP contribution in [0.5, 0.6) is 0 Å². The first kappa shape index (κ1) is 12.8. The molecule has 0 aromatic rings. The number of hydrogen-bond acceptors (Lipinski definition) is 1. The third-order valence-corrected chi connectivity index (χ3v) is 3.64. The van der Waals surface area contributed by atoms with Gasteiger partial charge < -0.3 is 5.11 Å². The summed E-state index contributed by atoms with van der Waals surface area (Å²) >= 11 is 0. The van der Waals surface area contributed by atoms with Gasteiger partial charge in [0.1, 0.15) is 0 Å². The molecular formula is C14H26O. The van der Waals surface area contributed by atoms with Crippen LogP contribution in [0.25, 0.3) is 0 Å². The van der Waals surface area contributed by atoms with Crippen molar-refractivity contribution in [2.45, 2.75) is 77.2 Å². The third kappa shape index (κ3) is 3.64. The van der Waals surface area contributed by atoms with Crippen molar-refractivity contribution in [3.8, 4) is 0 Å². The first-order valence-corrected chi connectivity index (χ1v) is 6.65. The number of allylic oxidation sites excluding steroid dienone is 1. The molecule has 15 heavy (non-hydrogen) atoms. The molecule has 0 spiro atoms. The van der Waals surface area contributed by atoms with Crippen molar-refractivity contribution in [1.29, 1.82) is 0 Å². The number of hydrogen-bond donors (Lipinski definition) is 1. The largest absolute Gasteiger partial charge is 0.386 e. The Kier molecular flexibility index (Phi) is 5.38. The van der Waals surface area contributed by atoms with Gasteiger partial charge in [0.2, 0.25) is 0 Å². The van der Waals surface area contributed by atoms with Crippen LogP contribution in [0.1, 0.15) is 71.6 Å². The maximum Gasteiger partial charge on any atom is 0.0854 e. The fraction of sp³-hybridized carbons (Fsp3) is 0.857. The Hall–Kier alpha value is -0.300. The van der Waals surface area contributed by atoms with Crippen molar-refractivity contribution >= 4 is 0 Å². The van der Waals surface area contributed by atoms with Crippen molar-refractivity contribution in [1.82, 2.24) is 0 Å². The molecule has 0 aromatic carbocycles. The highest BCUT2D eigenvalue weighted by atomic mass is 16.3. The highest BCUT2D eigenvalue weighted by molar-refractivity contribution is 5.17. The minimum Gasteiger partial charge on any atom is -0.386 e. The summed E-state index contributed by atoms with van der Waals surface area (Å²) in [7, 11) is 0. The van der Waals surface area contributed by atoms with Crippen LogP contribution in [0, 0.1) is 0 Å². The summed E-state index contributed by atoms with van der Waals surface area (Å²) in [5.74, 6) is 0. The Morgan fingerprint density at radius 1 is 1.20 bits per heavy atom. The molecule has 1 unspecified atom stereocenters. The normalized spacial score (nSPS) is 22.5. The first-order chi connectivity index (χ1) is 7.23. The second-order valence-electron chi connectivity index (χ2n) is 4.82. The van der Waals surface area contributed by atoms with Gasteiger partial charge in [-0.3, -0.25) is 0 Å². The van der Waals surface area contributed by atoms with E-state index in [4.69, 9.17) is 0 Å². The lowest BCUT2D eigenvalue weighted by Crippen LogP contribution is -2.30. The molecule has 1 nitrogen and oxygen atoms in total. The Morgan fingerprint density at radius 3 is 2.60 bits per heavy atom. The van der Waals surface area contributed by atoms with Crippen LogP contribution in [-0.4, -0.2) is 10.7 Å². The van der Waals surface area contributed by atoms with Gasteiger partial charge in [0.25, 0.3) is 0 Å². The van der Waals surface area contributed by atoms with Crippen molar-refractivity contribution in [2.24, 2.45) is 0 Å². The molecule has 0 bridgehead atoms. The van der Waals surface area contributed by atoms with E-state index in [9.17, 15) is 5.11 Å². The predicted molar refractivity (Wildman–Crippen MR) is 65.9 cm³/mol. The second-order valence-corrected chi connectivity index (χ2v) is 4.82. The summed E-state index contributed by atoms with van der Waals surface area (Å²) in [6, 6.07) is 0. The molecule has 1 aliphatic rings. The van der Waals surface area contributed by atoms with E-state index in [1.807, 2.05) is 0 Å². The Morgan fingerprint density at radius 2 is 1.93 bits per heavy atom. The molecule has 0 saturated heterocycles. The molecule has 0 heterocycles. The Bertz CT molecular complexity index is 207. The summed E-state index contributed by atoms with van der Waals surface area (Å²) in [5, 5.41) is 10.6.